The number of alkyl halides is 3. The molecule has 9 heteroatoms. The van der Waals surface area contributed by atoms with Crippen LogP contribution in [0.2, 0.25) is 0 Å². The number of rotatable bonds is 10. The molecule has 0 spiro atoms. The quantitative estimate of drug-likeness (QED) is 0.429. The summed E-state index contributed by atoms with van der Waals surface area (Å²) in [4.78, 5) is 9.16. The van der Waals surface area contributed by atoms with Gasteiger partial charge in [-0.05, 0) is 50.6 Å². The second-order valence-corrected chi connectivity index (χ2v) is 7.77. The van der Waals surface area contributed by atoms with Crippen LogP contribution in [-0.2, 0) is 6.18 Å². The summed E-state index contributed by atoms with van der Waals surface area (Å²) in [6.45, 7) is 12.0. The van der Waals surface area contributed by atoms with Crippen molar-refractivity contribution >= 4 is 5.96 Å². The minimum Gasteiger partial charge on any atom is -0.491 e. The van der Waals surface area contributed by atoms with E-state index in [2.05, 4.69) is 34.0 Å². The Hall–Kier alpha value is -2.00. The summed E-state index contributed by atoms with van der Waals surface area (Å²) in [7, 11) is 0. The fraction of sp³-hybridized carbons (Fsp3) is 0.682. The lowest BCUT2D eigenvalue weighted by atomic mass is 10.1. The van der Waals surface area contributed by atoms with E-state index in [-0.39, 0.29) is 18.9 Å². The average molecular weight is 445 g/mol. The maximum atomic E-state index is 12.8. The lowest BCUT2D eigenvalue weighted by molar-refractivity contribution is -0.137. The lowest BCUT2D eigenvalue weighted by Gasteiger charge is -2.24. The molecule has 2 unspecified atom stereocenters. The third-order valence-electron chi connectivity index (χ3n) is 5.39. The summed E-state index contributed by atoms with van der Waals surface area (Å²) >= 11 is 0. The molecule has 2 rings (SSSR count). The van der Waals surface area contributed by atoms with Gasteiger partial charge in [0.05, 0.1) is 12.1 Å². The van der Waals surface area contributed by atoms with Crippen LogP contribution in [0.3, 0.4) is 0 Å². The molecule has 1 saturated heterocycles. The van der Waals surface area contributed by atoms with Crippen LogP contribution in [0.1, 0.15) is 32.8 Å². The van der Waals surface area contributed by atoms with Gasteiger partial charge in [0.25, 0.3) is 0 Å². The van der Waals surface area contributed by atoms with E-state index in [0.29, 0.717) is 12.5 Å². The zero-order valence-corrected chi connectivity index (χ0v) is 18.7. The number of likely N-dealkylation sites (tertiary alicyclic amines) is 1. The van der Waals surface area contributed by atoms with Crippen molar-refractivity contribution in [3.05, 3.63) is 29.8 Å². The first-order valence-electron chi connectivity index (χ1n) is 11.0. The highest BCUT2D eigenvalue weighted by molar-refractivity contribution is 5.80. The SMILES string of the molecule is CCNC(=NCC(O)COc1cccc(C(F)(F)F)c1)N1CCC(CN(CC)CC)C1. The zero-order valence-electron chi connectivity index (χ0n) is 18.7. The molecule has 1 heterocycles. The van der Waals surface area contributed by atoms with Crippen molar-refractivity contribution in [2.24, 2.45) is 10.9 Å². The molecule has 1 aromatic carbocycles. The number of ether oxygens (including phenoxy) is 1. The summed E-state index contributed by atoms with van der Waals surface area (Å²) in [5, 5.41) is 13.5. The van der Waals surface area contributed by atoms with E-state index in [1.807, 2.05) is 6.92 Å². The molecule has 0 radical (unpaired) electrons. The fourth-order valence-corrected chi connectivity index (χ4v) is 3.65. The number of aliphatic imine (C=N–C) groups is 1. The number of benzene rings is 1. The number of guanidine groups is 1. The highest BCUT2D eigenvalue weighted by Gasteiger charge is 2.30. The predicted octanol–water partition coefficient (Wildman–Crippen LogP) is 3.07. The largest absolute Gasteiger partial charge is 0.491 e. The number of nitrogens with zero attached hydrogens (tertiary/aromatic N) is 3. The molecule has 0 amide bonds. The number of aliphatic hydroxyl groups is 1. The van der Waals surface area contributed by atoms with Crippen LogP contribution in [0.4, 0.5) is 13.2 Å². The van der Waals surface area contributed by atoms with Gasteiger partial charge in [0.2, 0.25) is 0 Å². The van der Waals surface area contributed by atoms with Gasteiger partial charge in [0.15, 0.2) is 5.96 Å². The molecule has 31 heavy (non-hydrogen) atoms. The normalized spacial score (nSPS) is 18.5. The average Bonchev–Trinajstić information content (AvgIpc) is 3.21. The smallest absolute Gasteiger partial charge is 0.416 e. The molecule has 1 aliphatic rings. The molecule has 6 nitrogen and oxygen atoms in total. The van der Waals surface area contributed by atoms with E-state index in [1.54, 1.807) is 0 Å². The van der Waals surface area contributed by atoms with Gasteiger partial charge in [-0.2, -0.15) is 13.2 Å². The molecular formula is C22H35F3N4O2. The molecule has 176 valence electrons. The summed E-state index contributed by atoms with van der Waals surface area (Å²) in [5.74, 6) is 1.41. The molecule has 0 aliphatic carbocycles. The molecule has 1 aliphatic heterocycles. The van der Waals surface area contributed by atoms with Gasteiger partial charge in [-0.25, -0.2) is 0 Å². The van der Waals surface area contributed by atoms with E-state index in [4.69, 9.17) is 4.74 Å². The second-order valence-electron chi connectivity index (χ2n) is 7.77. The van der Waals surface area contributed by atoms with Crippen LogP contribution >= 0.6 is 0 Å². The van der Waals surface area contributed by atoms with Crippen LogP contribution < -0.4 is 10.1 Å². The predicted molar refractivity (Wildman–Crippen MR) is 116 cm³/mol. The minimum atomic E-state index is -4.43. The van der Waals surface area contributed by atoms with Gasteiger partial charge >= 0.3 is 6.18 Å². The zero-order chi connectivity index (χ0) is 22.9. The molecular weight excluding hydrogens is 409 g/mol. The van der Waals surface area contributed by atoms with Crippen molar-refractivity contribution < 1.29 is 23.0 Å². The van der Waals surface area contributed by atoms with Gasteiger partial charge in [0.1, 0.15) is 18.5 Å². The topological polar surface area (TPSA) is 60.3 Å². The van der Waals surface area contributed by atoms with Crippen molar-refractivity contribution in [1.82, 2.24) is 15.1 Å². The van der Waals surface area contributed by atoms with Crippen molar-refractivity contribution in [3.8, 4) is 5.75 Å². The van der Waals surface area contributed by atoms with Gasteiger partial charge in [-0.15, -0.1) is 0 Å². The van der Waals surface area contributed by atoms with Crippen molar-refractivity contribution in [3.63, 3.8) is 0 Å². The highest BCUT2D eigenvalue weighted by Crippen LogP contribution is 2.31. The summed E-state index contributed by atoms with van der Waals surface area (Å²) in [6, 6.07) is 4.64. The number of nitrogens with one attached hydrogen (secondary N) is 1. The third-order valence-corrected chi connectivity index (χ3v) is 5.39. The molecule has 2 N–H and O–H groups in total. The van der Waals surface area contributed by atoms with Crippen LogP contribution in [0.25, 0.3) is 0 Å². The second kappa shape index (κ2) is 12.1. The first kappa shape index (κ1) is 25.3. The number of hydrogen-bond acceptors (Lipinski definition) is 4. The van der Waals surface area contributed by atoms with Gasteiger partial charge in [-0.1, -0.05) is 19.9 Å². The first-order valence-corrected chi connectivity index (χ1v) is 11.0. The standard InChI is InChI=1S/C22H35F3N4O2/c1-4-26-21(29-11-10-17(15-29)14-28(5-2)6-3)27-13-19(30)16-31-20-9-7-8-18(12-20)22(23,24)25/h7-9,12,17,19,30H,4-6,10-11,13-16H2,1-3H3,(H,26,27). The molecule has 0 aromatic heterocycles. The molecule has 1 fully saturated rings. The summed E-state index contributed by atoms with van der Waals surface area (Å²) < 4.78 is 43.7. The maximum Gasteiger partial charge on any atom is 0.416 e. The van der Waals surface area contributed by atoms with Gasteiger partial charge in [0, 0.05) is 26.2 Å². The minimum absolute atomic E-state index is 0.0727. The van der Waals surface area contributed by atoms with Crippen LogP contribution in [0, 0.1) is 5.92 Å². The van der Waals surface area contributed by atoms with E-state index in [0.717, 1.165) is 57.2 Å². The Kier molecular flexibility index (Phi) is 9.90. The van der Waals surface area contributed by atoms with Crippen molar-refractivity contribution in [2.45, 2.75) is 39.5 Å². The Bertz CT molecular complexity index is 696. The molecule has 1 aromatic rings. The highest BCUT2D eigenvalue weighted by atomic mass is 19.4. The Balaban J connectivity index is 1.87. The van der Waals surface area contributed by atoms with E-state index in [9.17, 15) is 18.3 Å². The van der Waals surface area contributed by atoms with E-state index >= 15 is 0 Å². The van der Waals surface area contributed by atoms with Crippen LogP contribution in [0.5, 0.6) is 5.75 Å². The van der Waals surface area contributed by atoms with Crippen LogP contribution in [0.15, 0.2) is 29.3 Å². The number of halogens is 3. The van der Waals surface area contributed by atoms with Crippen molar-refractivity contribution in [1.29, 1.82) is 0 Å². The Morgan fingerprint density at radius 3 is 2.71 bits per heavy atom. The summed E-state index contributed by atoms with van der Waals surface area (Å²) in [6.07, 6.45) is -4.25. The van der Waals surface area contributed by atoms with Gasteiger partial charge in [-0.3, -0.25) is 4.99 Å². The maximum absolute atomic E-state index is 12.8. The Morgan fingerprint density at radius 2 is 2.06 bits per heavy atom. The first-order chi connectivity index (χ1) is 14.8. The van der Waals surface area contributed by atoms with Crippen molar-refractivity contribution in [2.75, 3.05) is 52.4 Å². The van der Waals surface area contributed by atoms with Gasteiger partial charge < -0.3 is 25.0 Å². The molecule has 2 atom stereocenters. The summed E-state index contributed by atoms with van der Waals surface area (Å²) in [5.41, 5.74) is -0.778. The van der Waals surface area contributed by atoms with E-state index in [1.165, 1.54) is 12.1 Å². The third kappa shape index (κ3) is 8.22. The Labute approximate surface area is 183 Å². The monoisotopic (exact) mass is 444 g/mol. The van der Waals surface area contributed by atoms with E-state index < -0.39 is 17.8 Å². The molecule has 0 bridgehead atoms. The lowest BCUT2D eigenvalue weighted by Crippen LogP contribution is -2.41. The number of hydrogen-bond donors (Lipinski definition) is 2. The van der Waals surface area contributed by atoms with Crippen LogP contribution in [-0.4, -0.2) is 79.4 Å². The number of aliphatic hydroxyl groups excluding tert-OH is 1. The fourth-order valence-electron chi connectivity index (χ4n) is 3.65. The molecule has 0 saturated carbocycles. The Morgan fingerprint density at radius 1 is 1.32 bits per heavy atom.